The van der Waals surface area contributed by atoms with Crippen LogP contribution in [-0.4, -0.2) is 29.7 Å². The van der Waals surface area contributed by atoms with E-state index in [1.807, 2.05) is 0 Å². The normalized spacial score (nSPS) is 56.2. The van der Waals surface area contributed by atoms with Crippen molar-refractivity contribution in [1.29, 1.82) is 0 Å². The molecule has 1 saturated heterocycles. The highest BCUT2D eigenvalue weighted by Gasteiger charge is 2.87. The lowest BCUT2D eigenvalue weighted by Gasteiger charge is -2.26. The Balaban J connectivity index is 2.15. The zero-order valence-corrected chi connectivity index (χ0v) is 7.96. The van der Waals surface area contributed by atoms with Crippen molar-refractivity contribution in [2.24, 2.45) is 16.7 Å². The van der Waals surface area contributed by atoms with Crippen LogP contribution in [0.25, 0.3) is 0 Å². The molecule has 0 aromatic heterocycles. The van der Waals surface area contributed by atoms with Gasteiger partial charge in [-0.05, 0) is 11.3 Å². The number of ketones is 1. The highest BCUT2D eigenvalue weighted by atomic mass is 16.5. The molecule has 3 fully saturated rings. The lowest BCUT2D eigenvalue weighted by Crippen LogP contribution is -2.46. The van der Waals surface area contributed by atoms with Crippen molar-refractivity contribution in [3.63, 3.8) is 0 Å². The van der Waals surface area contributed by atoms with E-state index in [0.29, 0.717) is 18.9 Å². The third kappa shape index (κ3) is 0.513. The van der Waals surface area contributed by atoms with Crippen LogP contribution in [-0.2, 0) is 9.53 Å². The van der Waals surface area contributed by atoms with Gasteiger partial charge in [-0.1, -0.05) is 13.8 Å². The van der Waals surface area contributed by atoms with Gasteiger partial charge >= 0.3 is 0 Å². The summed E-state index contributed by atoms with van der Waals surface area (Å²) in [6.07, 6.45) is 0.548. The number of hydrogen-bond donors (Lipinski definition) is 1. The second-order valence-electron chi connectivity index (χ2n) is 5.23. The number of rotatable bonds is 0. The molecule has 1 spiro atoms. The van der Waals surface area contributed by atoms with Gasteiger partial charge in [-0.25, -0.2) is 0 Å². The minimum absolute atomic E-state index is 0.00525. The summed E-state index contributed by atoms with van der Waals surface area (Å²) >= 11 is 0. The number of carbonyl (C=O) groups is 1. The minimum atomic E-state index is -1.15. The first-order valence-electron chi connectivity index (χ1n) is 4.80. The van der Waals surface area contributed by atoms with Crippen molar-refractivity contribution < 1.29 is 14.6 Å². The van der Waals surface area contributed by atoms with Crippen LogP contribution in [0.5, 0.6) is 0 Å². The second-order valence-corrected chi connectivity index (χ2v) is 5.23. The highest BCUT2D eigenvalue weighted by molar-refractivity contribution is 5.94. The fourth-order valence-electron chi connectivity index (χ4n) is 3.79. The number of ether oxygens (including phenoxy) is 1. The van der Waals surface area contributed by atoms with E-state index in [4.69, 9.17) is 4.74 Å². The lowest BCUT2D eigenvalue weighted by atomic mass is 9.80. The Bertz CT molecular complexity index is 309. The molecule has 3 nitrogen and oxygen atoms in total. The van der Waals surface area contributed by atoms with Gasteiger partial charge in [-0.15, -0.1) is 0 Å². The highest BCUT2D eigenvalue weighted by Crippen LogP contribution is 2.80. The molecule has 0 aromatic rings. The van der Waals surface area contributed by atoms with E-state index < -0.39 is 5.60 Å². The van der Waals surface area contributed by atoms with E-state index in [2.05, 4.69) is 13.8 Å². The Kier molecular flexibility index (Phi) is 1.04. The first-order chi connectivity index (χ1) is 5.97. The van der Waals surface area contributed by atoms with Gasteiger partial charge in [-0.2, -0.15) is 0 Å². The quantitative estimate of drug-likeness (QED) is 0.588. The van der Waals surface area contributed by atoms with Crippen LogP contribution in [0.1, 0.15) is 20.3 Å². The predicted molar refractivity (Wildman–Crippen MR) is 45.1 cm³/mol. The summed E-state index contributed by atoms with van der Waals surface area (Å²) in [5.74, 6) is 0.342. The average molecular weight is 182 g/mol. The van der Waals surface area contributed by atoms with Crippen LogP contribution in [0.3, 0.4) is 0 Å². The smallest absolute Gasteiger partial charge is 0.167 e. The van der Waals surface area contributed by atoms with Gasteiger partial charge in [0.2, 0.25) is 0 Å². The number of hydrogen-bond acceptors (Lipinski definition) is 3. The monoisotopic (exact) mass is 182 g/mol. The molecule has 3 heteroatoms. The molecule has 3 atom stereocenters. The number of aliphatic hydroxyl groups is 1. The molecule has 13 heavy (non-hydrogen) atoms. The Labute approximate surface area is 77.1 Å². The molecule has 1 N–H and O–H groups in total. The number of carbonyl (C=O) groups excluding carboxylic acids is 1. The Morgan fingerprint density at radius 1 is 1.46 bits per heavy atom. The van der Waals surface area contributed by atoms with Gasteiger partial charge in [0.1, 0.15) is 0 Å². The molecular weight excluding hydrogens is 168 g/mol. The fourth-order valence-corrected chi connectivity index (χ4v) is 3.79. The molecule has 0 radical (unpaired) electrons. The molecule has 72 valence electrons. The fraction of sp³-hybridized carbons (Fsp3) is 0.900. The zero-order chi connectivity index (χ0) is 9.48. The molecule has 0 bridgehead atoms. The molecule has 3 rings (SSSR count). The zero-order valence-electron chi connectivity index (χ0n) is 7.96. The molecule has 0 amide bonds. The van der Waals surface area contributed by atoms with Gasteiger partial charge < -0.3 is 9.84 Å². The molecule has 3 aliphatic rings. The van der Waals surface area contributed by atoms with Gasteiger partial charge in [0.15, 0.2) is 11.4 Å². The summed E-state index contributed by atoms with van der Waals surface area (Å²) in [7, 11) is 0. The average Bonchev–Trinajstić information content (AvgIpc) is 2.41. The molecule has 2 saturated carbocycles. The maximum absolute atomic E-state index is 11.6. The summed E-state index contributed by atoms with van der Waals surface area (Å²) in [6, 6.07) is 0. The van der Waals surface area contributed by atoms with E-state index in [0.717, 1.165) is 0 Å². The van der Waals surface area contributed by atoms with E-state index in [9.17, 15) is 9.90 Å². The van der Waals surface area contributed by atoms with Crippen LogP contribution >= 0.6 is 0 Å². The number of Topliss-reactive ketones (excluding diaryl/α,β-unsaturated/α-hetero) is 1. The van der Waals surface area contributed by atoms with Crippen LogP contribution < -0.4 is 0 Å². The van der Waals surface area contributed by atoms with E-state index in [1.54, 1.807) is 0 Å². The molecule has 2 aliphatic carbocycles. The molecule has 1 aliphatic heterocycles. The Hall–Kier alpha value is -0.410. The summed E-state index contributed by atoms with van der Waals surface area (Å²) in [6.45, 7) is 5.03. The third-order valence-electron chi connectivity index (χ3n) is 4.76. The Morgan fingerprint density at radius 2 is 2.15 bits per heavy atom. The summed E-state index contributed by atoms with van der Waals surface area (Å²) in [5, 5.41) is 10.3. The molecule has 1 unspecified atom stereocenters. The molecule has 1 heterocycles. The summed E-state index contributed by atoms with van der Waals surface area (Å²) in [4.78, 5) is 11.6. The van der Waals surface area contributed by atoms with Crippen LogP contribution in [0.2, 0.25) is 0 Å². The minimum Gasteiger partial charge on any atom is -0.379 e. The second kappa shape index (κ2) is 1.71. The first kappa shape index (κ1) is 7.94. The van der Waals surface area contributed by atoms with Crippen molar-refractivity contribution in [1.82, 2.24) is 0 Å². The van der Waals surface area contributed by atoms with Crippen LogP contribution in [0, 0.1) is 16.7 Å². The largest absolute Gasteiger partial charge is 0.379 e. The van der Waals surface area contributed by atoms with E-state index >= 15 is 0 Å². The molecule has 0 aromatic carbocycles. The summed E-state index contributed by atoms with van der Waals surface area (Å²) in [5.41, 5.74) is -1.30. The van der Waals surface area contributed by atoms with Crippen molar-refractivity contribution in [3.8, 4) is 0 Å². The van der Waals surface area contributed by atoms with Crippen molar-refractivity contribution in [2.45, 2.75) is 25.9 Å². The van der Waals surface area contributed by atoms with Gasteiger partial charge in [0.25, 0.3) is 0 Å². The topological polar surface area (TPSA) is 46.5 Å². The van der Waals surface area contributed by atoms with Crippen molar-refractivity contribution in [2.75, 3.05) is 13.2 Å². The maximum Gasteiger partial charge on any atom is 0.167 e. The van der Waals surface area contributed by atoms with E-state index in [-0.39, 0.29) is 23.2 Å². The van der Waals surface area contributed by atoms with Crippen LogP contribution in [0.15, 0.2) is 0 Å². The van der Waals surface area contributed by atoms with Crippen LogP contribution in [0.4, 0.5) is 0 Å². The predicted octanol–water partition coefficient (Wildman–Crippen LogP) is 0.363. The van der Waals surface area contributed by atoms with Crippen molar-refractivity contribution in [3.05, 3.63) is 0 Å². The molecular formula is C10H14O3. The maximum atomic E-state index is 11.6. The Morgan fingerprint density at radius 3 is 2.77 bits per heavy atom. The third-order valence-corrected chi connectivity index (χ3v) is 4.76. The van der Waals surface area contributed by atoms with Gasteiger partial charge in [0, 0.05) is 11.8 Å². The first-order valence-corrected chi connectivity index (χ1v) is 4.80. The lowest BCUT2D eigenvalue weighted by molar-refractivity contribution is -0.139. The summed E-state index contributed by atoms with van der Waals surface area (Å²) < 4.78 is 5.29. The van der Waals surface area contributed by atoms with E-state index in [1.165, 1.54) is 0 Å². The standard InChI is InChI=1S/C10H14O3/c1-8(2)6-3-7(11)10(12)5-13-4-9(6,8)10/h6,12H,3-5H2,1-2H3/t6?,9-,10-/m0/s1. The SMILES string of the molecule is CC1(C)C2CC(=O)[C@@]3(O)COC[C@]213. The van der Waals surface area contributed by atoms with Gasteiger partial charge in [-0.3, -0.25) is 4.79 Å². The van der Waals surface area contributed by atoms with Gasteiger partial charge in [0.05, 0.1) is 13.2 Å². The van der Waals surface area contributed by atoms with Crippen molar-refractivity contribution >= 4 is 5.78 Å².